The summed E-state index contributed by atoms with van der Waals surface area (Å²) in [5.41, 5.74) is 2.83. The average Bonchev–Trinajstić information content (AvgIpc) is 2.44. The van der Waals surface area contributed by atoms with Crippen LogP contribution in [0.1, 0.15) is 17.3 Å². The van der Waals surface area contributed by atoms with E-state index in [0.717, 1.165) is 3.70 Å². The van der Waals surface area contributed by atoms with Crippen LogP contribution in [-0.4, -0.2) is 22.3 Å². The maximum atomic E-state index is 11.3. The maximum absolute atomic E-state index is 11.3. The number of amides is 1. The molecule has 0 fully saturated rings. The molecule has 1 rings (SSSR count). The lowest BCUT2D eigenvalue weighted by Crippen LogP contribution is -2.24. The fourth-order valence-corrected chi connectivity index (χ4v) is 1.28. The zero-order valence-electron chi connectivity index (χ0n) is 7.37. The molecule has 13 heavy (non-hydrogen) atoms. The van der Waals surface area contributed by atoms with Gasteiger partial charge in [-0.25, -0.2) is 5.48 Å². The van der Waals surface area contributed by atoms with Crippen LogP contribution >= 0.6 is 22.6 Å². The van der Waals surface area contributed by atoms with Gasteiger partial charge >= 0.3 is 0 Å². The van der Waals surface area contributed by atoms with Crippen LogP contribution in [0.3, 0.4) is 0 Å². The molecule has 0 saturated heterocycles. The number of hydroxylamine groups is 1. The van der Waals surface area contributed by atoms with Gasteiger partial charge in [0, 0.05) is 7.05 Å². The van der Waals surface area contributed by atoms with Crippen molar-refractivity contribution in [1.29, 1.82) is 0 Å². The molecule has 1 aromatic rings. The molecule has 0 atom stereocenters. The third kappa shape index (κ3) is 2.41. The molecule has 5 nitrogen and oxygen atoms in total. The van der Waals surface area contributed by atoms with Crippen molar-refractivity contribution in [2.75, 3.05) is 6.61 Å². The lowest BCUT2D eigenvalue weighted by Gasteiger charge is -2.01. The second-order valence-corrected chi connectivity index (χ2v) is 3.36. The van der Waals surface area contributed by atoms with Gasteiger partial charge in [-0.15, -0.1) is 0 Å². The molecule has 72 valence electrons. The molecule has 0 spiro atoms. The number of aromatic nitrogens is 2. The van der Waals surface area contributed by atoms with Crippen LogP contribution in [0.5, 0.6) is 0 Å². The third-order valence-corrected chi connectivity index (χ3v) is 2.70. The fourth-order valence-electron chi connectivity index (χ4n) is 0.768. The van der Waals surface area contributed by atoms with E-state index < -0.39 is 0 Å². The largest absolute Gasteiger partial charge is 0.279 e. The first-order valence-corrected chi connectivity index (χ1v) is 4.84. The van der Waals surface area contributed by atoms with Gasteiger partial charge in [0.05, 0.1) is 18.4 Å². The Balaban J connectivity index is 2.71. The zero-order chi connectivity index (χ0) is 9.84. The predicted octanol–water partition coefficient (Wildman–Crippen LogP) is 0.706. The van der Waals surface area contributed by atoms with Crippen molar-refractivity contribution in [2.24, 2.45) is 7.05 Å². The van der Waals surface area contributed by atoms with Gasteiger partial charge in [0.2, 0.25) is 0 Å². The van der Waals surface area contributed by atoms with Gasteiger partial charge in [-0.2, -0.15) is 5.10 Å². The van der Waals surface area contributed by atoms with E-state index in [1.165, 1.54) is 6.20 Å². The maximum Gasteiger partial charge on any atom is 0.279 e. The van der Waals surface area contributed by atoms with E-state index in [9.17, 15) is 4.79 Å². The number of hydrogen-bond donors (Lipinski definition) is 1. The topological polar surface area (TPSA) is 56.1 Å². The highest BCUT2D eigenvalue weighted by atomic mass is 127. The van der Waals surface area contributed by atoms with Crippen LogP contribution in [0.15, 0.2) is 6.20 Å². The van der Waals surface area contributed by atoms with E-state index in [4.69, 9.17) is 4.84 Å². The number of rotatable bonds is 3. The van der Waals surface area contributed by atoms with Crippen LogP contribution in [0.25, 0.3) is 0 Å². The van der Waals surface area contributed by atoms with Crippen LogP contribution in [0.4, 0.5) is 0 Å². The molecule has 1 aromatic heterocycles. The minimum absolute atomic E-state index is 0.264. The number of aryl methyl sites for hydroxylation is 1. The summed E-state index contributed by atoms with van der Waals surface area (Å²) in [7, 11) is 1.78. The monoisotopic (exact) mass is 295 g/mol. The normalized spacial score (nSPS) is 10.1. The Kier molecular flexibility index (Phi) is 3.67. The summed E-state index contributed by atoms with van der Waals surface area (Å²) in [5.74, 6) is -0.264. The quantitative estimate of drug-likeness (QED) is 0.660. The number of carbonyl (C=O) groups excluding carboxylic acids is 1. The van der Waals surface area contributed by atoms with Crippen LogP contribution in [-0.2, 0) is 11.9 Å². The van der Waals surface area contributed by atoms with Gasteiger partial charge < -0.3 is 0 Å². The van der Waals surface area contributed by atoms with Gasteiger partial charge in [-0.1, -0.05) is 0 Å². The first-order valence-electron chi connectivity index (χ1n) is 3.76. The second kappa shape index (κ2) is 4.56. The minimum atomic E-state index is -0.264. The van der Waals surface area contributed by atoms with Crippen molar-refractivity contribution in [3.8, 4) is 0 Å². The fraction of sp³-hybridized carbons (Fsp3) is 0.429. The van der Waals surface area contributed by atoms with Crippen molar-refractivity contribution in [3.63, 3.8) is 0 Å². The predicted molar refractivity (Wildman–Crippen MR) is 55.0 cm³/mol. The molecule has 0 aromatic carbocycles. The molecule has 0 bridgehead atoms. The highest BCUT2D eigenvalue weighted by Gasteiger charge is 2.13. The molecule has 0 saturated carbocycles. The van der Waals surface area contributed by atoms with Crippen molar-refractivity contribution in [1.82, 2.24) is 15.3 Å². The summed E-state index contributed by atoms with van der Waals surface area (Å²) in [6.45, 7) is 2.25. The lowest BCUT2D eigenvalue weighted by atomic mass is 10.3. The van der Waals surface area contributed by atoms with E-state index in [0.29, 0.717) is 12.2 Å². The Bertz CT molecular complexity index is 311. The van der Waals surface area contributed by atoms with Gasteiger partial charge in [0.1, 0.15) is 3.70 Å². The molecule has 1 N–H and O–H groups in total. The molecular weight excluding hydrogens is 285 g/mol. The summed E-state index contributed by atoms with van der Waals surface area (Å²) in [6.07, 6.45) is 1.51. The van der Waals surface area contributed by atoms with Crippen molar-refractivity contribution < 1.29 is 9.63 Å². The Hall–Kier alpha value is -0.630. The first kappa shape index (κ1) is 10.5. The molecule has 6 heteroatoms. The smallest absolute Gasteiger partial charge is 0.274 e. The van der Waals surface area contributed by atoms with Gasteiger partial charge in [0.25, 0.3) is 5.91 Å². The van der Waals surface area contributed by atoms with E-state index >= 15 is 0 Å². The summed E-state index contributed by atoms with van der Waals surface area (Å²) >= 11 is 2.05. The third-order valence-electron chi connectivity index (χ3n) is 1.42. The van der Waals surface area contributed by atoms with Gasteiger partial charge in [-0.05, 0) is 29.5 Å². The SMILES string of the molecule is CCONC(=O)c1cnn(C)c1I. The second-order valence-electron chi connectivity index (χ2n) is 2.34. The molecule has 0 aliphatic carbocycles. The molecule has 0 radical (unpaired) electrons. The zero-order valence-corrected chi connectivity index (χ0v) is 9.53. The number of hydrogen-bond acceptors (Lipinski definition) is 3. The van der Waals surface area contributed by atoms with Crippen molar-refractivity contribution >= 4 is 28.5 Å². The van der Waals surface area contributed by atoms with Crippen LogP contribution < -0.4 is 5.48 Å². The van der Waals surface area contributed by atoms with Gasteiger partial charge in [0.15, 0.2) is 0 Å². The first-order chi connectivity index (χ1) is 6.16. The number of nitrogens with one attached hydrogen (secondary N) is 1. The summed E-state index contributed by atoms with van der Waals surface area (Å²) in [5, 5.41) is 3.94. The summed E-state index contributed by atoms with van der Waals surface area (Å²) in [6, 6.07) is 0. The van der Waals surface area contributed by atoms with Gasteiger partial charge in [-0.3, -0.25) is 14.3 Å². The van der Waals surface area contributed by atoms with Crippen LogP contribution in [0, 0.1) is 3.70 Å². The number of nitrogens with zero attached hydrogens (tertiary/aromatic N) is 2. The number of halogens is 1. The Morgan fingerprint density at radius 1 is 1.85 bits per heavy atom. The Morgan fingerprint density at radius 2 is 2.54 bits per heavy atom. The lowest BCUT2D eigenvalue weighted by molar-refractivity contribution is 0.0363. The van der Waals surface area contributed by atoms with Crippen LogP contribution in [0.2, 0.25) is 0 Å². The van der Waals surface area contributed by atoms with E-state index in [1.807, 2.05) is 0 Å². The highest BCUT2D eigenvalue weighted by Crippen LogP contribution is 2.09. The Morgan fingerprint density at radius 3 is 3.00 bits per heavy atom. The Labute approximate surface area is 89.5 Å². The summed E-state index contributed by atoms with van der Waals surface area (Å²) in [4.78, 5) is 16.1. The molecule has 0 aliphatic heterocycles. The standard InChI is InChI=1S/C7H10IN3O2/c1-3-13-10-7(12)5-4-9-11(2)6(5)8/h4H,3H2,1-2H3,(H,10,12). The van der Waals surface area contributed by atoms with Crippen molar-refractivity contribution in [3.05, 3.63) is 15.5 Å². The molecule has 0 aliphatic rings. The van der Waals surface area contributed by atoms with Crippen molar-refractivity contribution in [2.45, 2.75) is 6.92 Å². The molecular formula is C7H10IN3O2. The molecule has 0 unspecified atom stereocenters. The molecule has 1 amide bonds. The number of carbonyl (C=O) groups is 1. The van der Waals surface area contributed by atoms with E-state index in [2.05, 4.69) is 33.2 Å². The van der Waals surface area contributed by atoms with E-state index in [1.54, 1.807) is 18.7 Å². The summed E-state index contributed by atoms with van der Waals surface area (Å²) < 4.78 is 2.41. The molecule has 1 heterocycles. The minimum Gasteiger partial charge on any atom is -0.274 e. The average molecular weight is 295 g/mol. The van der Waals surface area contributed by atoms with E-state index in [-0.39, 0.29) is 5.91 Å². The highest BCUT2D eigenvalue weighted by molar-refractivity contribution is 14.1.